The molecule has 0 aliphatic heterocycles. The molecule has 3 atom stereocenters. The number of hydrogen-bond acceptors (Lipinski definition) is 6. The van der Waals surface area contributed by atoms with Gasteiger partial charge in [0.2, 0.25) is 17.7 Å². The minimum Gasteiger partial charge on any atom is -0.480 e. The number of aliphatic carboxylic acids is 1. The van der Waals surface area contributed by atoms with Crippen LogP contribution in [0.25, 0.3) is 0 Å². The highest BCUT2D eigenvalue weighted by atomic mass is 16.4. The lowest BCUT2D eigenvalue weighted by atomic mass is 10.0. The smallest absolute Gasteiger partial charge is 0.326 e. The van der Waals surface area contributed by atoms with Crippen molar-refractivity contribution >= 4 is 23.7 Å². The Balaban J connectivity index is 2.04. The molecule has 2 aromatic rings. The molecule has 1 aromatic heterocycles. The van der Waals surface area contributed by atoms with E-state index in [9.17, 15) is 24.3 Å². The van der Waals surface area contributed by atoms with E-state index in [-0.39, 0.29) is 12.8 Å². The van der Waals surface area contributed by atoms with E-state index < -0.39 is 48.2 Å². The van der Waals surface area contributed by atoms with E-state index in [4.69, 9.17) is 11.5 Å². The van der Waals surface area contributed by atoms with E-state index in [1.165, 1.54) is 12.5 Å². The molecule has 1 heterocycles. The van der Waals surface area contributed by atoms with Gasteiger partial charge in [-0.1, -0.05) is 30.3 Å². The molecule has 2 rings (SSSR count). The van der Waals surface area contributed by atoms with Gasteiger partial charge in [-0.15, -0.1) is 0 Å². The minimum atomic E-state index is -1.36. The lowest BCUT2D eigenvalue weighted by Crippen LogP contribution is -2.56. The quantitative estimate of drug-likeness (QED) is 0.255. The summed E-state index contributed by atoms with van der Waals surface area (Å²) in [7, 11) is 0. The maximum atomic E-state index is 12.6. The van der Waals surface area contributed by atoms with Crippen LogP contribution >= 0.6 is 0 Å². The van der Waals surface area contributed by atoms with Crippen LogP contribution in [0.15, 0.2) is 42.9 Å². The minimum absolute atomic E-state index is 0.0263. The highest BCUT2D eigenvalue weighted by Crippen LogP contribution is 2.05. The van der Waals surface area contributed by atoms with Gasteiger partial charge in [0.1, 0.15) is 12.1 Å². The first-order valence-electron chi connectivity index (χ1n) is 9.15. The molecule has 11 nitrogen and oxygen atoms in total. The van der Waals surface area contributed by atoms with Crippen molar-refractivity contribution in [1.29, 1.82) is 0 Å². The number of aromatic amines is 1. The van der Waals surface area contributed by atoms with Gasteiger partial charge in [0.05, 0.1) is 18.8 Å². The maximum absolute atomic E-state index is 12.6. The molecule has 0 bridgehead atoms. The Hall–Kier alpha value is -3.73. The summed E-state index contributed by atoms with van der Waals surface area (Å²) in [5.74, 6) is -3.64. The Labute approximate surface area is 172 Å². The third-order valence-electron chi connectivity index (χ3n) is 4.27. The van der Waals surface area contributed by atoms with Crippen molar-refractivity contribution in [3.8, 4) is 0 Å². The van der Waals surface area contributed by atoms with Crippen molar-refractivity contribution in [3.05, 3.63) is 54.1 Å². The highest BCUT2D eigenvalue weighted by Gasteiger charge is 2.29. The number of aromatic nitrogens is 2. The number of nitrogens with one attached hydrogen (secondary N) is 3. The summed E-state index contributed by atoms with van der Waals surface area (Å²) in [5, 5.41) is 14.1. The Morgan fingerprint density at radius 3 is 2.27 bits per heavy atom. The summed E-state index contributed by atoms with van der Waals surface area (Å²) in [5.41, 5.74) is 12.3. The molecule has 0 spiro atoms. The van der Waals surface area contributed by atoms with Crippen LogP contribution in [0.3, 0.4) is 0 Å². The lowest BCUT2D eigenvalue weighted by molar-refractivity contribution is -0.142. The Morgan fingerprint density at radius 2 is 1.70 bits per heavy atom. The second-order valence-electron chi connectivity index (χ2n) is 6.71. The molecule has 0 aliphatic carbocycles. The van der Waals surface area contributed by atoms with Gasteiger partial charge in [-0.05, 0) is 5.56 Å². The number of rotatable bonds is 11. The second kappa shape index (κ2) is 10.7. The predicted octanol–water partition coefficient (Wildman–Crippen LogP) is -1.55. The van der Waals surface area contributed by atoms with Crippen LogP contribution in [0, 0.1) is 0 Å². The molecule has 1 aromatic carbocycles. The van der Waals surface area contributed by atoms with Crippen LogP contribution in [-0.4, -0.2) is 56.9 Å². The summed E-state index contributed by atoms with van der Waals surface area (Å²) in [6.07, 6.45) is 2.58. The van der Waals surface area contributed by atoms with Gasteiger partial charge in [-0.2, -0.15) is 0 Å². The fraction of sp³-hybridized carbons (Fsp3) is 0.316. The number of benzene rings is 1. The van der Waals surface area contributed by atoms with Crippen molar-refractivity contribution in [2.75, 3.05) is 0 Å². The Bertz CT molecular complexity index is 871. The van der Waals surface area contributed by atoms with E-state index in [1.807, 2.05) is 0 Å². The average molecular weight is 416 g/mol. The van der Waals surface area contributed by atoms with Gasteiger partial charge < -0.3 is 32.2 Å². The zero-order valence-electron chi connectivity index (χ0n) is 16.1. The standard InChI is InChI=1S/C19H24N6O5/c20-13(7-12-9-22-10-23-12)17(27)24-14(8-16(21)26)18(28)25-15(19(29)30)6-11-4-2-1-3-5-11/h1-5,9-10,13-15H,6-8,20H2,(H2,21,26)(H,22,23)(H,24,27)(H,25,28)(H,29,30). The topological polar surface area (TPSA) is 193 Å². The molecular weight excluding hydrogens is 392 g/mol. The number of H-pyrrole nitrogens is 1. The van der Waals surface area contributed by atoms with Crippen molar-refractivity contribution in [3.63, 3.8) is 0 Å². The molecule has 0 saturated carbocycles. The molecule has 0 radical (unpaired) electrons. The average Bonchev–Trinajstić information content (AvgIpc) is 3.20. The molecule has 160 valence electrons. The number of primary amides is 1. The molecule has 11 heteroatoms. The number of carbonyl (C=O) groups is 4. The zero-order valence-corrected chi connectivity index (χ0v) is 16.1. The van der Waals surface area contributed by atoms with Crippen LogP contribution < -0.4 is 22.1 Å². The molecule has 8 N–H and O–H groups in total. The summed E-state index contributed by atoms with van der Waals surface area (Å²) >= 11 is 0. The van der Waals surface area contributed by atoms with Crippen LogP contribution in [0.5, 0.6) is 0 Å². The van der Waals surface area contributed by atoms with E-state index in [1.54, 1.807) is 30.3 Å². The van der Waals surface area contributed by atoms with Crippen molar-refractivity contribution in [1.82, 2.24) is 20.6 Å². The third-order valence-corrected chi connectivity index (χ3v) is 4.27. The van der Waals surface area contributed by atoms with Crippen LogP contribution in [0.1, 0.15) is 17.7 Å². The fourth-order valence-corrected chi connectivity index (χ4v) is 2.74. The van der Waals surface area contributed by atoms with Crippen LogP contribution in [0.2, 0.25) is 0 Å². The zero-order chi connectivity index (χ0) is 22.1. The monoisotopic (exact) mass is 416 g/mol. The van der Waals surface area contributed by atoms with Gasteiger partial charge in [0.25, 0.3) is 0 Å². The molecule has 0 fully saturated rings. The van der Waals surface area contributed by atoms with Crippen molar-refractivity contribution in [2.45, 2.75) is 37.4 Å². The number of imidazole rings is 1. The second-order valence-corrected chi connectivity index (χ2v) is 6.71. The lowest BCUT2D eigenvalue weighted by Gasteiger charge is -2.22. The molecule has 30 heavy (non-hydrogen) atoms. The van der Waals surface area contributed by atoms with Gasteiger partial charge in [0.15, 0.2) is 0 Å². The fourth-order valence-electron chi connectivity index (χ4n) is 2.74. The summed E-state index contributed by atoms with van der Waals surface area (Å²) in [6.45, 7) is 0. The van der Waals surface area contributed by atoms with E-state index >= 15 is 0 Å². The first-order valence-corrected chi connectivity index (χ1v) is 9.15. The molecule has 3 amide bonds. The van der Waals surface area contributed by atoms with Crippen molar-refractivity contribution < 1.29 is 24.3 Å². The molecule has 3 unspecified atom stereocenters. The first-order chi connectivity index (χ1) is 14.3. The van der Waals surface area contributed by atoms with E-state index in [0.717, 1.165) is 0 Å². The van der Waals surface area contributed by atoms with Gasteiger partial charge >= 0.3 is 5.97 Å². The number of carboxylic acids is 1. The van der Waals surface area contributed by atoms with Gasteiger partial charge in [-0.3, -0.25) is 14.4 Å². The molecular formula is C19H24N6O5. The number of carboxylic acid groups (broad SMARTS) is 1. The summed E-state index contributed by atoms with van der Waals surface area (Å²) in [6, 6.07) is 5.07. The first kappa shape index (κ1) is 22.6. The number of carbonyl (C=O) groups excluding carboxylic acids is 3. The SMILES string of the molecule is NC(=O)CC(NC(=O)C(N)Cc1cnc[nH]1)C(=O)NC(Cc1ccccc1)C(=O)O. The normalized spacial score (nSPS) is 13.6. The predicted molar refractivity (Wildman–Crippen MR) is 106 cm³/mol. The summed E-state index contributed by atoms with van der Waals surface area (Å²) in [4.78, 5) is 54.5. The third kappa shape index (κ3) is 7.02. The van der Waals surface area contributed by atoms with Crippen LogP contribution in [0.4, 0.5) is 0 Å². The van der Waals surface area contributed by atoms with Gasteiger partial charge in [0, 0.05) is 24.7 Å². The Morgan fingerprint density at radius 1 is 1.03 bits per heavy atom. The van der Waals surface area contributed by atoms with E-state index in [2.05, 4.69) is 20.6 Å². The van der Waals surface area contributed by atoms with Crippen LogP contribution in [-0.2, 0) is 32.0 Å². The maximum Gasteiger partial charge on any atom is 0.326 e. The number of amides is 3. The number of hydrogen-bond donors (Lipinski definition) is 6. The number of nitrogens with two attached hydrogens (primary N) is 2. The summed E-state index contributed by atoms with van der Waals surface area (Å²) < 4.78 is 0. The highest BCUT2D eigenvalue weighted by molar-refractivity contribution is 5.94. The number of nitrogens with zero attached hydrogens (tertiary/aromatic N) is 1. The van der Waals surface area contributed by atoms with Crippen molar-refractivity contribution in [2.24, 2.45) is 11.5 Å². The largest absolute Gasteiger partial charge is 0.480 e. The van der Waals surface area contributed by atoms with Gasteiger partial charge in [-0.25, -0.2) is 9.78 Å². The Kier molecular flexibility index (Phi) is 8.06. The van der Waals surface area contributed by atoms with E-state index in [0.29, 0.717) is 11.3 Å². The molecule has 0 saturated heterocycles. The molecule has 0 aliphatic rings.